The lowest BCUT2D eigenvalue weighted by Crippen LogP contribution is -2.40. The molecule has 3 rings (SSSR count). The van der Waals surface area contributed by atoms with Crippen molar-refractivity contribution >= 4 is 41.5 Å². The second kappa shape index (κ2) is 14.7. The summed E-state index contributed by atoms with van der Waals surface area (Å²) in [6.07, 6.45) is 1.10. The van der Waals surface area contributed by atoms with Crippen molar-refractivity contribution in [2.24, 2.45) is 10.9 Å². The molecule has 8 heteroatoms. The molecule has 1 saturated heterocycles. The number of hydrogen-bond donors (Lipinski definition) is 2. The molecule has 2 aromatic carbocycles. The van der Waals surface area contributed by atoms with Crippen molar-refractivity contribution in [2.45, 2.75) is 26.9 Å². The van der Waals surface area contributed by atoms with Crippen LogP contribution in [0.3, 0.4) is 0 Å². The predicted molar refractivity (Wildman–Crippen MR) is 143 cm³/mol. The van der Waals surface area contributed by atoms with Gasteiger partial charge in [0.2, 0.25) is 5.91 Å². The number of guanidine groups is 1. The summed E-state index contributed by atoms with van der Waals surface area (Å²) < 4.78 is 11.8. The highest BCUT2D eigenvalue weighted by atomic mass is 127. The number of carbonyl (C=O) groups excluding carboxylic acids is 1. The fraction of sp³-hybridized carbons (Fsp3) is 0.440. The molecule has 1 aliphatic rings. The summed E-state index contributed by atoms with van der Waals surface area (Å²) >= 11 is 0. The average molecular weight is 566 g/mol. The van der Waals surface area contributed by atoms with Crippen molar-refractivity contribution in [1.82, 2.24) is 10.2 Å². The van der Waals surface area contributed by atoms with Gasteiger partial charge in [0.15, 0.2) is 5.96 Å². The predicted octanol–water partition coefficient (Wildman–Crippen LogP) is 4.15. The van der Waals surface area contributed by atoms with E-state index < -0.39 is 0 Å². The van der Waals surface area contributed by atoms with Crippen molar-refractivity contribution < 1.29 is 14.3 Å². The zero-order valence-electron chi connectivity index (χ0n) is 19.5. The Morgan fingerprint density at radius 3 is 2.76 bits per heavy atom. The number of aliphatic imine (C=N–C) groups is 1. The minimum Gasteiger partial charge on any atom is -0.492 e. The van der Waals surface area contributed by atoms with E-state index in [0.717, 1.165) is 44.3 Å². The molecule has 1 heterocycles. The minimum atomic E-state index is -0.101. The molecule has 0 spiro atoms. The first-order chi connectivity index (χ1) is 15.6. The molecule has 180 valence electrons. The van der Waals surface area contributed by atoms with Crippen LogP contribution in [0.5, 0.6) is 5.75 Å². The summed E-state index contributed by atoms with van der Waals surface area (Å²) in [7, 11) is 0. The smallest absolute Gasteiger partial charge is 0.221 e. The van der Waals surface area contributed by atoms with Crippen molar-refractivity contribution in [1.29, 1.82) is 0 Å². The molecule has 0 bridgehead atoms. The maximum Gasteiger partial charge on any atom is 0.221 e. The highest BCUT2D eigenvalue weighted by Crippen LogP contribution is 2.18. The quantitative estimate of drug-likeness (QED) is 0.196. The molecule has 7 nitrogen and oxygen atoms in total. The van der Waals surface area contributed by atoms with Crippen LogP contribution in [0.25, 0.3) is 0 Å². The molecule has 1 unspecified atom stereocenters. The van der Waals surface area contributed by atoms with Gasteiger partial charge in [-0.2, -0.15) is 0 Å². The van der Waals surface area contributed by atoms with E-state index in [1.807, 2.05) is 42.5 Å². The number of ether oxygens (including phenoxy) is 2. The topological polar surface area (TPSA) is 75.2 Å². The Morgan fingerprint density at radius 2 is 2.00 bits per heavy atom. The van der Waals surface area contributed by atoms with E-state index in [1.165, 1.54) is 12.5 Å². The number of benzene rings is 2. The average Bonchev–Trinajstić information content (AvgIpc) is 3.25. The fourth-order valence-corrected chi connectivity index (χ4v) is 3.69. The van der Waals surface area contributed by atoms with Crippen LogP contribution in [0.1, 0.15) is 25.8 Å². The van der Waals surface area contributed by atoms with Gasteiger partial charge in [-0.15, -0.1) is 24.0 Å². The van der Waals surface area contributed by atoms with Crippen molar-refractivity contribution in [3.8, 4) is 5.75 Å². The summed E-state index contributed by atoms with van der Waals surface area (Å²) in [5.41, 5.74) is 1.93. The molecule has 2 aromatic rings. The zero-order valence-corrected chi connectivity index (χ0v) is 21.8. The van der Waals surface area contributed by atoms with Gasteiger partial charge < -0.3 is 25.0 Å². The van der Waals surface area contributed by atoms with E-state index in [0.29, 0.717) is 31.4 Å². The van der Waals surface area contributed by atoms with Crippen LogP contribution >= 0.6 is 24.0 Å². The van der Waals surface area contributed by atoms with E-state index >= 15 is 0 Å². The first-order valence-corrected chi connectivity index (χ1v) is 11.3. The molecular formula is C25H35IN4O3. The van der Waals surface area contributed by atoms with Gasteiger partial charge in [0, 0.05) is 44.2 Å². The molecule has 0 radical (unpaired) electrons. The first kappa shape index (κ1) is 26.9. The summed E-state index contributed by atoms with van der Waals surface area (Å²) in [4.78, 5) is 18.2. The lowest BCUT2D eigenvalue weighted by Gasteiger charge is -2.21. The lowest BCUT2D eigenvalue weighted by atomic mass is 10.1. The standard InChI is InChI=1S/C25H34N4O3.HI/c1-3-26-25(27-13-15-32-24-11-7-10-23(16-24)28-20(2)30)29-14-12-22(17-29)19-31-18-21-8-5-4-6-9-21;/h4-11,16,22H,3,12-15,17-19H2,1-2H3,(H,26,27)(H,28,30);1H. The summed E-state index contributed by atoms with van der Waals surface area (Å²) in [5, 5.41) is 6.15. The molecule has 1 fully saturated rings. The van der Waals surface area contributed by atoms with Crippen LogP contribution in [0.2, 0.25) is 0 Å². The van der Waals surface area contributed by atoms with E-state index in [4.69, 9.17) is 14.5 Å². The molecule has 0 aliphatic carbocycles. The molecule has 1 atom stereocenters. The van der Waals surface area contributed by atoms with Crippen LogP contribution in [0.15, 0.2) is 59.6 Å². The summed E-state index contributed by atoms with van der Waals surface area (Å²) in [5.74, 6) is 2.05. The van der Waals surface area contributed by atoms with Gasteiger partial charge in [-0.1, -0.05) is 36.4 Å². The monoisotopic (exact) mass is 566 g/mol. The number of rotatable bonds is 10. The Kier molecular flexibility index (Phi) is 12.0. The fourth-order valence-electron chi connectivity index (χ4n) is 3.69. The minimum absolute atomic E-state index is 0. The van der Waals surface area contributed by atoms with Gasteiger partial charge in [0.1, 0.15) is 12.4 Å². The Morgan fingerprint density at radius 1 is 1.18 bits per heavy atom. The lowest BCUT2D eigenvalue weighted by molar-refractivity contribution is -0.114. The first-order valence-electron chi connectivity index (χ1n) is 11.3. The molecule has 2 N–H and O–H groups in total. The Bertz CT molecular complexity index is 879. The number of hydrogen-bond acceptors (Lipinski definition) is 4. The van der Waals surface area contributed by atoms with Crippen molar-refractivity contribution in [3.05, 3.63) is 60.2 Å². The highest BCUT2D eigenvalue weighted by molar-refractivity contribution is 14.0. The maximum absolute atomic E-state index is 11.2. The highest BCUT2D eigenvalue weighted by Gasteiger charge is 2.25. The summed E-state index contributed by atoms with van der Waals surface area (Å²) in [6, 6.07) is 17.7. The molecule has 1 aliphatic heterocycles. The number of amides is 1. The third-order valence-corrected chi connectivity index (χ3v) is 5.16. The molecule has 33 heavy (non-hydrogen) atoms. The molecule has 0 aromatic heterocycles. The second-order valence-electron chi connectivity index (χ2n) is 7.89. The van der Waals surface area contributed by atoms with Gasteiger partial charge >= 0.3 is 0 Å². The van der Waals surface area contributed by atoms with Crippen LogP contribution in [0, 0.1) is 5.92 Å². The van der Waals surface area contributed by atoms with Crippen LogP contribution in [0.4, 0.5) is 5.69 Å². The van der Waals surface area contributed by atoms with Crippen LogP contribution in [-0.4, -0.2) is 56.2 Å². The van der Waals surface area contributed by atoms with Gasteiger partial charge in [-0.25, -0.2) is 4.99 Å². The SMILES string of the molecule is CCNC(=NCCOc1cccc(NC(C)=O)c1)N1CCC(COCc2ccccc2)C1.I. The summed E-state index contributed by atoms with van der Waals surface area (Å²) in [6.45, 7) is 8.76. The maximum atomic E-state index is 11.2. The Balaban J connectivity index is 0.00000385. The number of nitrogens with one attached hydrogen (secondary N) is 2. The van der Waals surface area contributed by atoms with E-state index in [1.54, 1.807) is 0 Å². The van der Waals surface area contributed by atoms with Crippen molar-refractivity contribution in [2.75, 3.05) is 44.7 Å². The second-order valence-corrected chi connectivity index (χ2v) is 7.89. The number of nitrogens with zero attached hydrogens (tertiary/aromatic N) is 2. The van der Waals surface area contributed by atoms with E-state index in [-0.39, 0.29) is 29.9 Å². The Hall–Kier alpha value is -2.33. The van der Waals surface area contributed by atoms with Gasteiger partial charge in [-0.3, -0.25) is 4.79 Å². The molecular weight excluding hydrogens is 531 g/mol. The van der Waals surface area contributed by atoms with Gasteiger partial charge in [0.05, 0.1) is 19.8 Å². The number of likely N-dealkylation sites (tertiary alicyclic amines) is 1. The zero-order chi connectivity index (χ0) is 22.6. The van der Waals surface area contributed by atoms with Gasteiger partial charge in [0.25, 0.3) is 0 Å². The molecule has 1 amide bonds. The van der Waals surface area contributed by atoms with Crippen LogP contribution in [-0.2, 0) is 16.1 Å². The van der Waals surface area contributed by atoms with Gasteiger partial charge in [-0.05, 0) is 31.0 Å². The van der Waals surface area contributed by atoms with Crippen LogP contribution < -0.4 is 15.4 Å². The third-order valence-electron chi connectivity index (χ3n) is 5.16. The van der Waals surface area contributed by atoms with Crippen molar-refractivity contribution in [3.63, 3.8) is 0 Å². The number of halogens is 1. The number of anilines is 1. The van der Waals surface area contributed by atoms with E-state index in [9.17, 15) is 4.79 Å². The van der Waals surface area contributed by atoms with E-state index in [2.05, 4.69) is 34.6 Å². The largest absolute Gasteiger partial charge is 0.492 e. The normalized spacial score (nSPS) is 15.6. The Labute approximate surface area is 214 Å². The third kappa shape index (κ3) is 9.59. The molecule has 0 saturated carbocycles. The number of carbonyl (C=O) groups is 1.